The fourth-order valence-electron chi connectivity index (χ4n) is 4.28. The van der Waals surface area contributed by atoms with Crippen molar-refractivity contribution in [3.8, 4) is 11.5 Å². The van der Waals surface area contributed by atoms with Gasteiger partial charge in [-0.05, 0) is 48.2 Å². The molecule has 1 amide bonds. The van der Waals surface area contributed by atoms with E-state index in [0.29, 0.717) is 23.4 Å². The van der Waals surface area contributed by atoms with Gasteiger partial charge in [0, 0.05) is 46.7 Å². The Labute approximate surface area is 222 Å². The molecular formula is C28H22N6O3S. The van der Waals surface area contributed by atoms with E-state index in [2.05, 4.69) is 19.6 Å². The Morgan fingerprint density at radius 3 is 2.79 bits per heavy atom. The monoisotopic (exact) mass is 522 g/mol. The number of hydrogen-bond donors (Lipinski definition) is 1. The third-order valence-electron chi connectivity index (χ3n) is 6.12. The summed E-state index contributed by atoms with van der Waals surface area (Å²) in [5.74, 6) is 0.994. The molecule has 0 radical (unpaired) electrons. The predicted molar refractivity (Wildman–Crippen MR) is 149 cm³/mol. The molecule has 2 aliphatic heterocycles. The summed E-state index contributed by atoms with van der Waals surface area (Å²) < 4.78 is 13.3. The standard InChI is InChI=1S/C28H22N6O3S/c1-36-20-7-4-8-21(15-20)37-13-12-33-17-19(22-9-2-3-10-24(22)33)14-23-25(29)34-28(31-26(23)35)38-27(32-34)18-6-5-11-30-16-18/h2-11,14-17,29H,12-13H2,1H3/b23-14+,29-25?. The largest absolute Gasteiger partial charge is 0.497 e. The maximum atomic E-state index is 13.0. The smallest absolute Gasteiger partial charge is 0.283 e. The van der Waals surface area contributed by atoms with E-state index >= 15 is 0 Å². The Morgan fingerprint density at radius 1 is 1.08 bits per heavy atom. The third kappa shape index (κ3) is 4.46. The van der Waals surface area contributed by atoms with E-state index in [4.69, 9.17) is 14.9 Å². The first kappa shape index (κ1) is 23.7. The minimum absolute atomic E-state index is 0.00965. The molecule has 188 valence electrons. The molecule has 2 aliphatic rings. The number of benzene rings is 2. The maximum absolute atomic E-state index is 13.0. The van der Waals surface area contributed by atoms with Crippen LogP contribution in [0.5, 0.6) is 11.5 Å². The van der Waals surface area contributed by atoms with Crippen LogP contribution >= 0.6 is 11.8 Å². The topological polar surface area (TPSA) is 105 Å². The highest BCUT2D eigenvalue weighted by atomic mass is 32.2. The number of rotatable bonds is 7. The number of methoxy groups -OCH3 is 1. The Hall–Kier alpha value is -4.70. The van der Waals surface area contributed by atoms with Gasteiger partial charge in [0.05, 0.1) is 19.2 Å². The highest BCUT2D eigenvalue weighted by Gasteiger charge is 2.36. The van der Waals surface area contributed by atoms with Gasteiger partial charge in [-0.15, -0.1) is 0 Å². The Balaban J connectivity index is 1.27. The van der Waals surface area contributed by atoms with Crippen molar-refractivity contribution >= 4 is 50.7 Å². The van der Waals surface area contributed by atoms with Gasteiger partial charge in [-0.1, -0.05) is 24.3 Å². The normalized spacial score (nSPS) is 16.0. The molecule has 1 N–H and O–H groups in total. The van der Waals surface area contributed by atoms with Crippen molar-refractivity contribution in [2.24, 2.45) is 10.1 Å². The van der Waals surface area contributed by atoms with E-state index < -0.39 is 5.91 Å². The van der Waals surface area contributed by atoms with E-state index in [-0.39, 0.29) is 11.4 Å². The molecule has 38 heavy (non-hydrogen) atoms. The molecule has 0 saturated heterocycles. The molecule has 6 rings (SSSR count). The summed E-state index contributed by atoms with van der Waals surface area (Å²) in [6.45, 7) is 1.04. The molecule has 0 atom stereocenters. The van der Waals surface area contributed by atoms with Gasteiger partial charge in [-0.25, -0.2) is 0 Å². The fourth-order valence-corrected chi connectivity index (χ4v) is 5.16. The van der Waals surface area contributed by atoms with Crippen LogP contribution in [0.25, 0.3) is 17.0 Å². The second-order valence-corrected chi connectivity index (χ2v) is 9.45. The molecule has 10 heteroatoms. The number of hydrogen-bond acceptors (Lipinski definition) is 7. The first-order chi connectivity index (χ1) is 18.6. The van der Waals surface area contributed by atoms with E-state index in [0.717, 1.165) is 33.5 Å². The number of amides is 1. The van der Waals surface area contributed by atoms with Gasteiger partial charge in [0.1, 0.15) is 23.1 Å². The van der Waals surface area contributed by atoms with Crippen molar-refractivity contribution in [2.75, 3.05) is 13.7 Å². The summed E-state index contributed by atoms with van der Waals surface area (Å²) >= 11 is 1.25. The number of nitrogens with one attached hydrogen (secondary N) is 1. The number of aromatic nitrogens is 2. The Kier molecular flexibility index (Phi) is 6.22. The summed E-state index contributed by atoms with van der Waals surface area (Å²) in [4.78, 5) is 21.3. The number of carbonyl (C=O) groups is 1. The number of para-hydroxylation sites is 1. The molecular weight excluding hydrogens is 500 g/mol. The van der Waals surface area contributed by atoms with Gasteiger partial charge in [0.15, 0.2) is 5.84 Å². The molecule has 9 nitrogen and oxygen atoms in total. The first-order valence-corrected chi connectivity index (χ1v) is 12.7. The van der Waals surface area contributed by atoms with Crippen LogP contribution in [0.15, 0.2) is 94.9 Å². The fraction of sp³-hybridized carbons (Fsp3) is 0.107. The summed E-state index contributed by atoms with van der Waals surface area (Å²) in [5, 5.41) is 16.7. The maximum Gasteiger partial charge on any atom is 0.283 e. The van der Waals surface area contributed by atoms with Crippen LogP contribution in [-0.4, -0.2) is 50.2 Å². The van der Waals surface area contributed by atoms with Crippen LogP contribution in [0.4, 0.5) is 0 Å². The Bertz CT molecular complexity index is 1660. The average molecular weight is 523 g/mol. The number of aliphatic imine (C=N–C) groups is 1. The molecule has 2 aromatic carbocycles. The summed E-state index contributed by atoms with van der Waals surface area (Å²) in [6.07, 6.45) is 7.06. The number of thioether (sulfide) groups is 1. The molecule has 0 spiro atoms. The minimum Gasteiger partial charge on any atom is -0.497 e. The van der Waals surface area contributed by atoms with Crippen LogP contribution in [0.2, 0.25) is 0 Å². The van der Waals surface area contributed by atoms with Gasteiger partial charge >= 0.3 is 0 Å². The van der Waals surface area contributed by atoms with Crippen molar-refractivity contribution < 1.29 is 14.3 Å². The van der Waals surface area contributed by atoms with Gasteiger partial charge in [0.25, 0.3) is 5.91 Å². The minimum atomic E-state index is -0.463. The second-order valence-electron chi connectivity index (χ2n) is 8.49. The average Bonchev–Trinajstić information content (AvgIpc) is 3.53. The number of carbonyl (C=O) groups excluding carboxylic acids is 1. The van der Waals surface area contributed by atoms with Gasteiger partial charge < -0.3 is 14.0 Å². The summed E-state index contributed by atoms with van der Waals surface area (Å²) in [7, 11) is 1.62. The summed E-state index contributed by atoms with van der Waals surface area (Å²) in [5.41, 5.74) is 2.80. The van der Waals surface area contributed by atoms with Crippen molar-refractivity contribution in [2.45, 2.75) is 6.54 Å². The van der Waals surface area contributed by atoms with Gasteiger partial charge in [-0.2, -0.15) is 15.1 Å². The lowest BCUT2D eigenvalue weighted by Crippen LogP contribution is -2.35. The second kappa shape index (κ2) is 9.98. The summed E-state index contributed by atoms with van der Waals surface area (Å²) in [6, 6.07) is 19.1. The number of hydrazone groups is 1. The van der Waals surface area contributed by atoms with Gasteiger partial charge in [-0.3, -0.25) is 15.2 Å². The Morgan fingerprint density at radius 2 is 1.95 bits per heavy atom. The van der Waals surface area contributed by atoms with Crippen molar-refractivity contribution in [1.82, 2.24) is 14.6 Å². The number of fused-ring (bicyclic) bond motifs is 2. The van der Waals surface area contributed by atoms with Crippen molar-refractivity contribution in [3.05, 3.63) is 96.0 Å². The first-order valence-electron chi connectivity index (χ1n) is 11.9. The lowest BCUT2D eigenvalue weighted by atomic mass is 10.1. The number of ether oxygens (including phenoxy) is 2. The SMILES string of the molecule is COc1cccc(OCCn2cc(/C=C3\C(=N)N4N=C(c5cccnc5)SC4=NC3=O)c3ccccc32)c1. The molecule has 0 saturated carbocycles. The molecule has 0 unspecified atom stereocenters. The molecule has 0 fully saturated rings. The van der Waals surface area contributed by atoms with Gasteiger partial charge in [0.2, 0.25) is 5.17 Å². The number of amidine groups is 2. The van der Waals surface area contributed by atoms with Crippen molar-refractivity contribution in [1.29, 1.82) is 5.41 Å². The van der Waals surface area contributed by atoms with E-state index in [1.165, 1.54) is 16.8 Å². The van der Waals surface area contributed by atoms with Crippen molar-refractivity contribution in [3.63, 3.8) is 0 Å². The zero-order valence-corrected chi connectivity index (χ0v) is 21.2. The zero-order chi connectivity index (χ0) is 26.1. The van der Waals surface area contributed by atoms with E-state index in [1.54, 1.807) is 25.6 Å². The van der Waals surface area contributed by atoms with Crippen LogP contribution in [-0.2, 0) is 11.3 Å². The predicted octanol–water partition coefficient (Wildman–Crippen LogP) is 4.79. The van der Waals surface area contributed by atoms with E-state index in [1.807, 2.05) is 66.9 Å². The molecule has 2 aromatic heterocycles. The molecule has 4 aromatic rings. The lowest BCUT2D eigenvalue weighted by molar-refractivity contribution is -0.114. The molecule has 0 bridgehead atoms. The third-order valence-corrected chi connectivity index (χ3v) is 7.08. The number of pyridine rings is 1. The molecule has 4 heterocycles. The van der Waals surface area contributed by atoms with Crippen LogP contribution in [0, 0.1) is 5.41 Å². The quantitative estimate of drug-likeness (QED) is 0.350. The van der Waals surface area contributed by atoms with Crippen LogP contribution < -0.4 is 9.47 Å². The highest BCUT2D eigenvalue weighted by Crippen LogP contribution is 2.32. The highest BCUT2D eigenvalue weighted by molar-refractivity contribution is 8.27. The van der Waals surface area contributed by atoms with E-state index in [9.17, 15) is 4.79 Å². The lowest BCUT2D eigenvalue weighted by Gasteiger charge is -2.20. The number of nitrogens with zero attached hydrogens (tertiary/aromatic N) is 5. The van der Waals surface area contributed by atoms with Crippen LogP contribution in [0.3, 0.4) is 0 Å². The van der Waals surface area contributed by atoms with Crippen LogP contribution in [0.1, 0.15) is 11.1 Å². The zero-order valence-electron chi connectivity index (χ0n) is 20.4. The molecule has 0 aliphatic carbocycles.